The Kier molecular flexibility index (Phi) is 3.77. The van der Waals surface area contributed by atoms with Crippen LogP contribution in [0.4, 0.5) is 35.1 Å². The van der Waals surface area contributed by atoms with Gasteiger partial charge in [0, 0.05) is 0 Å². The molecule has 0 aromatic carbocycles. The number of nitrogens with zero attached hydrogens (tertiary/aromatic N) is 1. The van der Waals surface area contributed by atoms with Crippen molar-refractivity contribution in [3.8, 4) is 11.5 Å². The quantitative estimate of drug-likeness (QED) is 0.847. The van der Waals surface area contributed by atoms with Gasteiger partial charge in [0.1, 0.15) is 5.56 Å². The zero-order valence-corrected chi connectivity index (χ0v) is 8.48. The predicted octanol–water partition coefficient (Wildman–Crippen LogP) is 3.64. The van der Waals surface area contributed by atoms with Gasteiger partial charge in [-0.05, 0) is 0 Å². The van der Waals surface area contributed by atoms with Crippen LogP contribution in [-0.2, 0) is 6.18 Å². The van der Waals surface area contributed by atoms with E-state index in [4.69, 9.17) is 5.11 Å². The van der Waals surface area contributed by atoms with E-state index in [1.165, 1.54) is 0 Å². The Morgan fingerprint density at radius 2 is 1.63 bits per heavy atom. The van der Waals surface area contributed by atoms with E-state index < -0.39 is 41.7 Å². The number of alkyl halides is 8. The molecule has 1 rings (SSSR count). The molecular weight excluding hydrogens is 294 g/mol. The highest BCUT2D eigenvalue weighted by Crippen LogP contribution is 2.44. The van der Waals surface area contributed by atoms with Gasteiger partial charge in [-0.1, -0.05) is 0 Å². The maximum absolute atomic E-state index is 12.4. The number of ether oxygens (including phenoxy) is 1. The van der Waals surface area contributed by atoms with Crippen molar-refractivity contribution >= 4 is 0 Å². The van der Waals surface area contributed by atoms with Crippen LogP contribution in [0.15, 0.2) is 6.20 Å². The van der Waals surface area contributed by atoms with E-state index in [9.17, 15) is 35.1 Å². The van der Waals surface area contributed by atoms with Gasteiger partial charge in [-0.3, -0.25) is 0 Å². The Morgan fingerprint density at radius 1 is 1.11 bits per heavy atom. The van der Waals surface area contributed by atoms with Gasteiger partial charge >= 0.3 is 12.5 Å². The van der Waals surface area contributed by atoms with Gasteiger partial charge in [-0.15, -0.1) is 13.2 Å². The highest BCUT2D eigenvalue weighted by Gasteiger charge is 2.41. The van der Waals surface area contributed by atoms with E-state index in [0.29, 0.717) is 0 Å². The standard InChI is InChI=1S/C8H3F8NO2/c9-6(10)3-2(19-8(14,15)16)1-17-5(4(3)18)7(11,12)13/h1,6,18H. The van der Waals surface area contributed by atoms with Gasteiger partial charge in [-0.25, -0.2) is 13.8 Å². The molecule has 0 aliphatic carbocycles. The maximum atomic E-state index is 12.4. The molecule has 0 atom stereocenters. The summed E-state index contributed by atoms with van der Waals surface area (Å²) in [5.41, 5.74) is -4.06. The Balaban J connectivity index is 3.41. The molecule has 1 N–H and O–H groups in total. The summed E-state index contributed by atoms with van der Waals surface area (Å²) in [7, 11) is 0. The SMILES string of the molecule is Oc1c(C(F)(F)F)ncc(OC(F)(F)F)c1C(F)F. The van der Waals surface area contributed by atoms with Crippen molar-refractivity contribution in [1.29, 1.82) is 0 Å². The molecule has 3 nitrogen and oxygen atoms in total. The number of hydrogen-bond acceptors (Lipinski definition) is 3. The fourth-order valence-electron chi connectivity index (χ4n) is 1.12. The van der Waals surface area contributed by atoms with E-state index in [0.717, 1.165) is 0 Å². The third-order valence-electron chi connectivity index (χ3n) is 1.77. The van der Waals surface area contributed by atoms with E-state index >= 15 is 0 Å². The molecule has 1 aromatic heterocycles. The first-order valence-corrected chi connectivity index (χ1v) is 4.26. The predicted molar refractivity (Wildman–Crippen MR) is 42.5 cm³/mol. The summed E-state index contributed by atoms with van der Waals surface area (Å²) in [5.74, 6) is -3.81. The lowest BCUT2D eigenvalue weighted by Crippen LogP contribution is -2.19. The number of aromatic hydroxyl groups is 1. The Morgan fingerprint density at radius 3 is 2.00 bits per heavy atom. The fraction of sp³-hybridized carbons (Fsp3) is 0.375. The van der Waals surface area contributed by atoms with E-state index in [2.05, 4.69) is 9.72 Å². The minimum absolute atomic E-state index is 0.183. The molecule has 0 amide bonds. The van der Waals surface area contributed by atoms with Gasteiger partial charge in [-0.2, -0.15) is 13.2 Å². The van der Waals surface area contributed by atoms with Crippen LogP contribution in [0.5, 0.6) is 11.5 Å². The first-order valence-electron chi connectivity index (χ1n) is 4.26. The summed E-state index contributed by atoms with van der Waals surface area (Å²) in [6, 6.07) is 0. The van der Waals surface area contributed by atoms with Crippen LogP contribution < -0.4 is 4.74 Å². The Bertz CT molecular complexity index is 467. The molecule has 0 saturated heterocycles. The summed E-state index contributed by atoms with van der Waals surface area (Å²) in [5, 5.41) is 8.96. The van der Waals surface area contributed by atoms with Crippen molar-refractivity contribution in [3.63, 3.8) is 0 Å². The average Bonchev–Trinajstić information content (AvgIpc) is 2.11. The Labute approximate surface area is 99.0 Å². The lowest BCUT2D eigenvalue weighted by molar-refractivity contribution is -0.275. The van der Waals surface area contributed by atoms with Gasteiger partial charge in [0.05, 0.1) is 6.20 Å². The van der Waals surface area contributed by atoms with Crippen LogP contribution in [0.1, 0.15) is 17.7 Å². The first-order chi connectivity index (χ1) is 8.43. The largest absolute Gasteiger partial charge is 0.573 e. The van der Waals surface area contributed by atoms with E-state index in [1.54, 1.807) is 0 Å². The van der Waals surface area contributed by atoms with E-state index in [-0.39, 0.29) is 6.20 Å². The second-order valence-electron chi connectivity index (χ2n) is 3.08. The second kappa shape index (κ2) is 4.70. The summed E-state index contributed by atoms with van der Waals surface area (Å²) in [4.78, 5) is 2.44. The average molecular weight is 297 g/mol. The van der Waals surface area contributed by atoms with Crippen molar-refractivity contribution < 1.29 is 45.0 Å². The zero-order chi connectivity index (χ0) is 15.0. The van der Waals surface area contributed by atoms with Crippen molar-refractivity contribution in [2.24, 2.45) is 0 Å². The topological polar surface area (TPSA) is 42.4 Å². The van der Waals surface area contributed by atoms with Crippen molar-refractivity contribution in [2.75, 3.05) is 0 Å². The molecule has 0 aliphatic rings. The smallest absolute Gasteiger partial charge is 0.505 e. The van der Waals surface area contributed by atoms with E-state index in [1.807, 2.05) is 0 Å². The number of halogens is 8. The molecule has 1 aromatic rings. The summed E-state index contributed by atoms with van der Waals surface area (Å²) < 4.78 is 100. The van der Waals surface area contributed by atoms with Crippen LogP contribution in [0, 0.1) is 0 Å². The lowest BCUT2D eigenvalue weighted by atomic mass is 10.2. The molecule has 0 radical (unpaired) electrons. The molecule has 0 spiro atoms. The van der Waals surface area contributed by atoms with Crippen LogP contribution in [-0.4, -0.2) is 16.5 Å². The fourth-order valence-corrected chi connectivity index (χ4v) is 1.12. The minimum Gasteiger partial charge on any atom is -0.505 e. The third-order valence-corrected chi connectivity index (χ3v) is 1.77. The minimum atomic E-state index is -5.42. The van der Waals surface area contributed by atoms with Gasteiger partial charge in [0.25, 0.3) is 6.43 Å². The van der Waals surface area contributed by atoms with Crippen LogP contribution >= 0.6 is 0 Å². The summed E-state index contributed by atoms with van der Waals surface area (Å²) in [6.07, 6.45) is -14.7. The normalized spacial score (nSPS) is 12.9. The maximum Gasteiger partial charge on any atom is 0.573 e. The molecule has 11 heteroatoms. The van der Waals surface area contributed by atoms with Gasteiger partial charge < -0.3 is 9.84 Å². The molecule has 108 valence electrons. The van der Waals surface area contributed by atoms with Crippen molar-refractivity contribution in [1.82, 2.24) is 4.98 Å². The van der Waals surface area contributed by atoms with Crippen LogP contribution in [0.2, 0.25) is 0 Å². The molecule has 19 heavy (non-hydrogen) atoms. The number of rotatable bonds is 2. The molecular formula is C8H3F8NO2. The molecule has 0 bridgehead atoms. The van der Waals surface area contributed by atoms with Crippen LogP contribution in [0.3, 0.4) is 0 Å². The number of aromatic nitrogens is 1. The first kappa shape index (κ1) is 15.2. The molecule has 1 heterocycles. The molecule has 0 fully saturated rings. The molecule has 0 unspecified atom stereocenters. The summed E-state index contributed by atoms with van der Waals surface area (Å²) in [6.45, 7) is 0. The highest BCUT2D eigenvalue weighted by atomic mass is 19.4. The molecule has 0 saturated carbocycles. The Hall–Kier alpha value is -1.81. The van der Waals surface area contributed by atoms with Crippen molar-refractivity contribution in [2.45, 2.75) is 19.0 Å². The third kappa shape index (κ3) is 3.58. The van der Waals surface area contributed by atoms with Gasteiger partial charge in [0.2, 0.25) is 0 Å². The molecule has 0 aliphatic heterocycles. The second-order valence-corrected chi connectivity index (χ2v) is 3.08. The van der Waals surface area contributed by atoms with Crippen LogP contribution in [0.25, 0.3) is 0 Å². The highest BCUT2D eigenvalue weighted by molar-refractivity contribution is 5.47. The van der Waals surface area contributed by atoms with Gasteiger partial charge in [0.15, 0.2) is 17.2 Å². The number of hydrogen-bond donors (Lipinski definition) is 1. The summed E-state index contributed by atoms with van der Waals surface area (Å²) >= 11 is 0. The number of pyridine rings is 1. The van der Waals surface area contributed by atoms with Crippen molar-refractivity contribution in [3.05, 3.63) is 17.5 Å². The monoisotopic (exact) mass is 297 g/mol. The lowest BCUT2D eigenvalue weighted by Gasteiger charge is -2.16. The zero-order valence-electron chi connectivity index (χ0n) is 8.48.